The van der Waals surface area contributed by atoms with Gasteiger partial charge >= 0.3 is 0 Å². The number of likely N-dealkylation sites (tertiary alicyclic amines) is 1. The van der Waals surface area contributed by atoms with Gasteiger partial charge in [-0.3, -0.25) is 9.69 Å². The van der Waals surface area contributed by atoms with E-state index < -0.39 is 0 Å². The Hall–Kier alpha value is -1.69. The fourth-order valence-corrected chi connectivity index (χ4v) is 3.55. The van der Waals surface area contributed by atoms with Gasteiger partial charge in [0, 0.05) is 50.6 Å². The van der Waals surface area contributed by atoms with Gasteiger partial charge in [0.05, 0.1) is 5.69 Å². The lowest BCUT2D eigenvalue weighted by atomic mass is 9.92. The SMILES string of the molecule is CN(CCN1CCCCCC1=O)C1CN(c2ccc(C(C)(C)C)nn2)C1. The maximum absolute atomic E-state index is 12.1. The van der Waals surface area contributed by atoms with Crippen LogP contribution in [0.15, 0.2) is 12.1 Å². The lowest BCUT2D eigenvalue weighted by molar-refractivity contribution is -0.130. The average molecular weight is 360 g/mol. The molecule has 0 radical (unpaired) electrons. The smallest absolute Gasteiger partial charge is 0.222 e. The zero-order valence-electron chi connectivity index (χ0n) is 16.7. The van der Waals surface area contributed by atoms with E-state index in [-0.39, 0.29) is 5.41 Å². The summed E-state index contributed by atoms with van der Waals surface area (Å²) in [5.41, 5.74) is 1.06. The summed E-state index contributed by atoms with van der Waals surface area (Å²) in [5.74, 6) is 1.30. The van der Waals surface area contributed by atoms with Crippen molar-refractivity contribution in [3.63, 3.8) is 0 Å². The fraction of sp³-hybridized carbons (Fsp3) is 0.750. The zero-order chi connectivity index (χ0) is 18.7. The quantitative estimate of drug-likeness (QED) is 0.807. The summed E-state index contributed by atoms with van der Waals surface area (Å²) in [5, 5.41) is 8.79. The van der Waals surface area contributed by atoms with E-state index in [0.29, 0.717) is 11.9 Å². The second-order valence-corrected chi connectivity index (χ2v) is 8.76. The Bertz CT molecular complexity index is 604. The molecule has 0 bridgehead atoms. The van der Waals surface area contributed by atoms with E-state index >= 15 is 0 Å². The number of carbonyl (C=O) groups excluding carboxylic acids is 1. The molecule has 0 aromatic carbocycles. The van der Waals surface area contributed by atoms with Crippen LogP contribution in [0, 0.1) is 0 Å². The van der Waals surface area contributed by atoms with Crippen molar-refractivity contribution >= 4 is 11.7 Å². The third kappa shape index (κ3) is 4.53. The monoisotopic (exact) mass is 359 g/mol. The second-order valence-electron chi connectivity index (χ2n) is 8.76. The van der Waals surface area contributed by atoms with Gasteiger partial charge in [-0.25, -0.2) is 0 Å². The number of hydrogen-bond donors (Lipinski definition) is 0. The highest BCUT2D eigenvalue weighted by Crippen LogP contribution is 2.24. The van der Waals surface area contributed by atoms with Crippen molar-refractivity contribution in [3.05, 3.63) is 17.8 Å². The van der Waals surface area contributed by atoms with E-state index in [2.05, 4.69) is 64.8 Å². The molecule has 2 fully saturated rings. The van der Waals surface area contributed by atoms with Crippen LogP contribution in [0.2, 0.25) is 0 Å². The van der Waals surface area contributed by atoms with Crippen molar-refractivity contribution in [1.29, 1.82) is 0 Å². The van der Waals surface area contributed by atoms with Crippen molar-refractivity contribution < 1.29 is 4.79 Å². The molecule has 0 spiro atoms. The van der Waals surface area contributed by atoms with Gasteiger partial charge in [0.25, 0.3) is 0 Å². The van der Waals surface area contributed by atoms with E-state index in [1.807, 2.05) is 0 Å². The fourth-order valence-electron chi connectivity index (χ4n) is 3.55. The summed E-state index contributed by atoms with van der Waals surface area (Å²) in [6, 6.07) is 4.70. The standard InChI is InChI=1S/C20H33N5O/c1-20(2,3)17-9-10-18(22-21-17)25-14-16(15-25)23(4)12-13-24-11-7-5-6-8-19(24)26/h9-10,16H,5-8,11-15H2,1-4H3. The first-order valence-electron chi connectivity index (χ1n) is 9.92. The Labute approximate surface area is 157 Å². The maximum atomic E-state index is 12.1. The van der Waals surface area contributed by atoms with Crippen LogP contribution < -0.4 is 4.90 Å². The normalized spacial score (nSPS) is 19.7. The Balaban J connectivity index is 1.44. The summed E-state index contributed by atoms with van der Waals surface area (Å²) >= 11 is 0. The Morgan fingerprint density at radius 2 is 1.92 bits per heavy atom. The van der Waals surface area contributed by atoms with E-state index in [9.17, 15) is 4.79 Å². The van der Waals surface area contributed by atoms with Gasteiger partial charge in [0.15, 0.2) is 5.82 Å². The molecule has 1 amide bonds. The number of carbonyl (C=O) groups is 1. The third-order valence-electron chi connectivity index (χ3n) is 5.62. The number of likely N-dealkylation sites (N-methyl/N-ethyl adjacent to an activating group) is 1. The molecule has 3 heterocycles. The molecular formula is C20H33N5O. The first-order chi connectivity index (χ1) is 12.3. The molecule has 2 aliphatic heterocycles. The lowest BCUT2D eigenvalue weighted by Gasteiger charge is -2.45. The van der Waals surface area contributed by atoms with Crippen molar-refractivity contribution in [2.45, 2.75) is 57.9 Å². The highest BCUT2D eigenvalue weighted by atomic mass is 16.2. The molecule has 0 N–H and O–H groups in total. The topological polar surface area (TPSA) is 52.6 Å². The first-order valence-corrected chi connectivity index (χ1v) is 9.92. The van der Waals surface area contributed by atoms with Crippen LogP contribution in [0.1, 0.15) is 52.1 Å². The van der Waals surface area contributed by atoms with Crippen LogP contribution in [-0.2, 0) is 10.2 Å². The predicted octanol–water partition coefficient (Wildman–Crippen LogP) is 2.30. The molecule has 6 nitrogen and oxygen atoms in total. The molecule has 6 heteroatoms. The molecule has 2 aliphatic rings. The van der Waals surface area contributed by atoms with Crippen molar-refractivity contribution in [3.8, 4) is 0 Å². The van der Waals surface area contributed by atoms with Gasteiger partial charge in [-0.2, -0.15) is 5.10 Å². The zero-order valence-corrected chi connectivity index (χ0v) is 16.7. The summed E-state index contributed by atoms with van der Waals surface area (Å²) in [4.78, 5) is 18.8. The van der Waals surface area contributed by atoms with Crippen molar-refractivity contribution in [1.82, 2.24) is 20.0 Å². The van der Waals surface area contributed by atoms with E-state index in [0.717, 1.165) is 63.5 Å². The molecule has 26 heavy (non-hydrogen) atoms. The summed E-state index contributed by atoms with van der Waals surface area (Å²) < 4.78 is 0. The van der Waals surface area contributed by atoms with Gasteiger partial charge in [0.2, 0.25) is 5.91 Å². The Morgan fingerprint density at radius 1 is 1.15 bits per heavy atom. The lowest BCUT2D eigenvalue weighted by Crippen LogP contribution is -2.59. The van der Waals surface area contributed by atoms with Crippen molar-refractivity contribution in [2.75, 3.05) is 44.7 Å². The summed E-state index contributed by atoms with van der Waals surface area (Å²) in [7, 11) is 2.17. The van der Waals surface area contributed by atoms with Crippen LogP contribution >= 0.6 is 0 Å². The highest BCUT2D eigenvalue weighted by Gasteiger charge is 2.31. The number of anilines is 1. The van der Waals surface area contributed by atoms with Gasteiger partial charge in [-0.15, -0.1) is 5.10 Å². The first kappa shape index (κ1) is 19.1. The van der Waals surface area contributed by atoms with Crippen LogP contribution in [0.4, 0.5) is 5.82 Å². The molecular weight excluding hydrogens is 326 g/mol. The molecule has 144 valence electrons. The molecule has 0 saturated carbocycles. The number of rotatable bonds is 5. The van der Waals surface area contributed by atoms with Gasteiger partial charge in [0.1, 0.15) is 0 Å². The molecule has 0 unspecified atom stereocenters. The molecule has 3 rings (SSSR count). The van der Waals surface area contributed by atoms with Crippen molar-refractivity contribution in [2.24, 2.45) is 0 Å². The van der Waals surface area contributed by atoms with Gasteiger partial charge in [-0.1, -0.05) is 27.2 Å². The summed E-state index contributed by atoms with van der Waals surface area (Å²) in [6.45, 7) is 11.1. The van der Waals surface area contributed by atoms with Gasteiger partial charge in [-0.05, 0) is 32.0 Å². The Kier molecular flexibility index (Phi) is 5.80. The van der Waals surface area contributed by atoms with Crippen LogP contribution in [-0.4, -0.2) is 71.7 Å². The molecule has 0 aliphatic carbocycles. The molecule has 1 aromatic heterocycles. The Morgan fingerprint density at radius 3 is 2.58 bits per heavy atom. The van der Waals surface area contributed by atoms with Gasteiger partial charge < -0.3 is 9.80 Å². The van der Waals surface area contributed by atoms with Crippen LogP contribution in [0.25, 0.3) is 0 Å². The average Bonchev–Trinajstić information content (AvgIpc) is 2.75. The number of aromatic nitrogens is 2. The minimum absolute atomic E-state index is 0.0357. The minimum Gasteiger partial charge on any atom is -0.352 e. The van der Waals surface area contributed by atoms with Crippen LogP contribution in [0.3, 0.4) is 0 Å². The van der Waals surface area contributed by atoms with Crippen LogP contribution in [0.5, 0.6) is 0 Å². The minimum atomic E-state index is 0.0357. The molecule has 2 saturated heterocycles. The third-order valence-corrected chi connectivity index (χ3v) is 5.62. The second kappa shape index (κ2) is 7.91. The van der Waals surface area contributed by atoms with E-state index in [1.165, 1.54) is 6.42 Å². The number of hydrogen-bond acceptors (Lipinski definition) is 5. The van der Waals surface area contributed by atoms with E-state index in [4.69, 9.17) is 0 Å². The molecule has 0 atom stereocenters. The van der Waals surface area contributed by atoms with E-state index in [1.54, 1.807) is 0 Å². The highest BCUT2D eigenvalue weighted by molar-refractivity contribution is 5.76. The molecule has 1 aromatic rings. The predicted molar refractivity (Wildman–Crippen MR) is 104 cm³/mol. The maximum Gasteiger partial charge on any atom is 0.222 e. The largest absolute Gasteiger partial charge is 0.352 e. The number of amides is 1. The number of nitrogens with zero attached hydrogens (tertiary/aromatic N) is 5. The summed E-state index contributed by atoms with van der Waals surface area (Å²) in [6.07, 6.45) is 4.11.